The smallest absolute Gasteiger partial charge is 0.233 e. The summed E-state index contributed by atoms with van der Waals surface area (Å²) in [5.74, 6) is -0.175. The molecule has 17 heavy (non-hydrogen) atoms. The van der Waals surface area contributed by atoms with Crippen molar-refractivity contribution >= 4 is 39.3 Å². The molecule has 1 heterocycles. The van der Waals surface area contributed by atoms with Gasteiger partial charge >= 0.3 is 0 Å². The number of halogens is 2. The molecule has 1 saturated heterocycles. The van der Waals surface area contributed by atoms with Gasteiger partial charge in [-0.05, 0) is 24.1 Å². The van der Waals surface area contributed by atoms with Crippen molar-refractivity contribution in [2.24, 2.45) is 11.8 Å². The number of hydrogen-bond acceptors (Lipinski definition) is 2. The van der Waals surface area contributed by atoms with Gasteiger partial charge in [-0.15, -0.1) is 0 Å². The van der Waals surface area contributed by atoms with E-state index in [0.29, 0.717) is 5.02 Å². The van der Waals surface area contributed by atoms with Gasteiger partial charge in [0, 0.05) is 9.50 Å². The average Bonchev–Trinajstić information content (AvgIpc) is 3.02. The number of nitrogens with zero attached hydrogens (tertiary/aromatic N) is 1. The summed E-state index contributed by atoms with van der Waals surface area (Å²) in [5.41, 5.74) is 0.804. The lowest BCUT2D eigenvalue weighted by molar-refractivity contribution is -0.142. The van der Waals surface area contributed by atoms with Crippen molar-refractivity contribution in [3.63, 3.8) is 0 Å². The Hall–Kier alpha value is -0.870. The van der Waals surface area contributed by atoms with Gasteiger partial charge in [-0.3, -0.25) is 14.5 Å². The van der Waals surface area contributed by atoms with Crippen molar-refractivity contribution in [1.82, 2.24) is 4.90 Å². The highest BCUT2D eigenvalue weighted by atomic mass is 79.9. The molecular weight excluding hydrogens is 305 g/mol. The van der Waals surface area contributed by atoms with Gasteiger partial charge < -0.3 is 0 Å². The summed E-state index contributed by atoms with van der Waals surface area (Å²) in [6.45, 7) is 0.288. The lowest BCUT2D eigenvalue weighted by atomic mass is 10.2. The van der Waals surface area contributed by atoms with Gasteiger partial charge in [0.05, 0.1) is 18.4 Å². The van der Waals surface area contributed by atoms with Gasteiger partial charge in [0.25, 0.3) is 0 Å². The number of benzene rings is 1. The third-order valence-electron chi connectivity index (χ3n) is 3.30. The molecule has 2 amide bonds. The Bertz CT molecular complexity index is 511. The van der Waals surface area contributed by atoms with E-state index in [1.165, 1.54) is 4.90 Å². The standard InChI is InChI=1S/C12H9BrClNO2/c13-7-2-1-6(10(14)3-7)5-15-11(16)8-4-9(8)12(15)17/h1-3,8-9H,4-5H2. The van der Waals surface area contributed by atoms with Crippen molar-refractivity contribution in [3.8, 4) is 0 Å². The third kappa shape index (κ3) is 1.79. The van der Waals surface area contributed by atoms with Crippen LogP contribution in [-0.4, -0.2) is 16.7 Å². The van der Waals surface area contributed by atoms with E-state index < -0.39 is 0 Å². The molecule has 1 aliphatic carbocycles. The minimum atomic E-state index is -0.0447. The molecular formula is C12H9BrClNO2. The molecule has 88 valence electrons. The number of imide groups is 1. The van der Waals surface area contributed by atoms with Gasteiger partial charge in [0.15, 0.2) is 0 Å². The first-order valence-corrected chi connectivity index (χ1v) is 6.54. The largest absolute Gasteiger partial charge is 0.278 e. The topological polar surface area (TPSA) is 37.4 Å². The fourth-order valence-corrected chi connectivity index (χ4v) is 2.96. The summed E-state index contributed by atoms with van der Waals surface area (Å²) < 4.78 is 0.883. The average molecular weight is 315 g/mol. The molecule has 0 N–H and O–H groups in total. The second kappa shape index (κ2) is 3.82. The maximum Gasteiger partial charge on any atom is 0.233 e. The number of likely N-dealkylation sites (tertiary alicyclic amines) is 1. The monoisotopic (exact) mass is 313 g/mol. The van der Waals surface area contributed by atoms with E-state index >= 15 is 0 Å². The molecule has 1 aromatic rings. The lowest BCUT2D eigenvalue weighted by Gasteiger charge is -2.17. The predicted octanol–water partition coefficient (Wildman–Crippen LogP) is 2.61. The molecule has 2 unspecified atom stereocenters. The molecule has 1 saturated carbocycles. The van der Waals surface area contributed by atoms with Crippen LogP contribution >= 0.6 is 27.5 Å². The maximum atomic E-state index is 11.8. The van der Waals surface area contributed by atoms with Crippen molar-refractivity contribution in [1.29, 1.82) is 0 Å². The van der Waals surface area contributed by atoms with E-state index in [2.05, 4.69) is 15.9 Å². The molecule has 2 fully saturated rings. The minimum absolute atomic E-state index is 0.0426. The van der Waals surface area contributed by atoms with E-state index in [4.69, 9.17) is 11.6 Å². The van der Waals surface area contributed by atoms with E-state index in [0.717, 1.165) is 16.5 Å². The summed E-state index contributed by atoms with van der Waals surface area (Å²) in [7, 11) is 0. The van der Waals surface area contributed by atoms with Crippen LogP contribution in [-0.2, 0) is 16.1 Å². The summed E-state index contributed by atoms with van der Waals surface area (Å²) >= 11 is 9.39. The Morgan fingerprint density at radius 1 is 1.29 bits per heavy atom. The van der Waals surface area contributed by atoms with Gasteiger partial charge in [-0.25, -0.2) is 0 Å². The van der Waals surface area contributed by atoms with E-state index in [-0.39, 0.29) is 30.2 Å². The molecule has 0 aromatic heterocycles. The summed E-state index contributed by atoms with van der Waals surface area (Å²) in [6, 6.07) is 5.45. The number of hydrogen-bond donors (Lipinski definition) is 0. The van der Waals surface area contributed by atoms with Gasteiger partial charge in [-0.1, -0.05) is 33.6 Å². The number of piperidine rings is 1. The zero-order valence-corrected chi connectivity index (χ0v) is 11.2. The SMILES string of the molecule is O=C1C2CC2C(=O)N1Cc1ccc(Br)cc1Cl. The summed E-state index contributed by atoms with van der Waals surface area (Å²) in [6.07, 6.45) is 0.738. The fourth-order valence-electron chi connectivity index (χ4n) is 2.23. The molecule has 0 spiro atoms. The minimum Gasteiger partial charge on any atom is -0.278 e. The Balaban J connectivity index is 1.83. The number of rotatable bonds is 2. The third-order valence-corrected chi connectivity index (χ3v) is 4.15. The van der Waals surface area contributed by atoms with Crippen LogP contribution in [0.1, 0.15) is 12.0 Å². The number of fused-ring (bicyclic) bond motifs is 1. The summed E-state index contributed by atoms with van der Waals surface area (Å²) in [4.78, 5) is 24.9. The van der Waals surface area contributed by atoms with Crippen molar-refractivity contribution in [3.05, 3.63) is 33.3 Å². The van der Waals surface area contributed by atoms with Crippen LogP contribution in [0.25, 0.3) is 0 Å². The van der Waals surface area contributed by atoms with Crippen molar-refractivity contribution in [2.45, 2.75) is 13.0 Å². The predicted molar refractivity (Wildman–Crippen MR) is 66.3 cm³/mol. The Labute approximate surface area is 112 Å². The van der Waals surface area contributed by atoms with Crippen LogP contribution in [0.3, 0.4) is 0 Å². The Morgan fingerprint density at radius 2 is 1.94 bits per heavy atom. The molecule has 0 radical (unpaired) electrons. The first-order valence-electron chi connectivity index (χ1n) is 5.37. The van der Waals surface area contributed by atoms with Crippen LogP contribution in [0.2, 0.25) is 5.02 Å². The summed E-state index contributed by atoms with van der Waals surface area (Å²) in [5, 5.41) is 0.570. The zero-order valence-electron chi connectivity index (χ0n) is 8.82. The van der Waals surface area contributed by atoms with Gasteiger partial charge in [0.1, 0.15) is 0 Å². The van der Waals surface area contributed by atoms with Crippen molar-refractivity contribution < 1.29 is 9.59 Å². The highest BCUT2D eigenvalue weighted by Crippen LogP contribution is 2.47. The van der Waals surface area contributed by atoms with Gasteiger partial charge in [-0.2, -0.15) is 0 Å². The molecule has 1 aromatic carbocycles. The van der Waals surface area contributed by atoms with E-state index in [9.17, 15) is 9.59 Å². The number of amides is 2. The second-order valence-electron chi connectivity index (χ2n) is 4.45. The maximum absolute atomic E-state index is 11.8. The first-order chi connectivity index (χ1) is 8.08. The van der Waals surface area contributed by atoms with Crippen LogP contribution in [0.15, 0.2) is 22.7 Å². The number of carbonyl (C=O) groups excluding carboxylic acids is 2. The first kappa shape index (κ1) is 11.2. The second-order valence-corrected chi connectivity index (χ2v) is 5.77. The molecule has 2 atom stereocenters. The van der Waals surface area contributed by atoms with E-state index in [1.807, 2.05) is 12.1 Å². The van der Waals surface area contributed by atoms with Crippen LogP contribution < -0.4 is 0 Å². The molecule has 2 aliphatic rings. The molecule has 5 heteroatoms. The fraction of sp³-hybridized carbons (Fsp3) is 0.333. The highest BCUT2D eigenvalue weighted by Gasteiger charge is 2.58. The lowest BCUT2D eigenvalue weighted by Crippen LogP contribution is -2.32. The molecule has 3 rings (SSSR count). The highest BCUT2D eigenvalue weighted by molar-refractivity contribution is 9.10. The quantitative estimate of drug-likeness (QED) is 0.787. The molecule has 0 bridgehead atoms. The van der Waals surface area contributed by atoms with Crippen LogP contribution in [0.5, 0.6) is 0 Å². The van der Waals surface area contributed by atoms with E-state index in [1.54, 1.807) is 6.07 Å². The number of carbonyl (C=O) groups is 2. The zero-order chi connectivity index (χ0) is 12.2. The Kier molecular flexibility index (Phi) is 2.52. The van der Waals surface area contributed by atoms with Crippen LogP contribution in [0, 0.1) is 11.8 Å². The normalized spacial score (nSPS) is 26.4. The van der Waals surface area contributed by atoms with Crippen molar-refractivity contribution in [2.75, 3.05) is 0 Å². The molecule has 1 aliphatic heterocycles. The van der Waals surface area contributed by atoms with Gasteiger partial charge in [0.2, 0.25) is 11.8 Å². The van der Waals surface area contributed by atoms with Crippen LogP contribution in [0.4, 0.5) is 0 Å². The molecule has 3 nitrogen and oxygen atoms in total. The Morgan fingerprint density at radius 3 is 2.53 bits per heavy atom.